The molecule has 1 aromatic heterocycles. The Morgan fingerprint density at radius 3 is 2.83 bits per heavy atom. The molecule has 5 nitrogen and oxygen atoms in total. The van der Waals surface area contributed by atoms with Crippen molar-refractivity contribution in [3.63, 3.8) is 0 Å². The van der Waals surface area contributed by atoms with Crippen molar-refractivity contribution >= 4 is 11.8 Å². The van der Waals surface area contributed by atoms with Crippen LogP contribution in [0.5, 0.6) is 5.75 Å². The van der Waals surface area contributed by atoms with Crippen molar-refractivity contribution in [2.24, 2.45) is 0 Å². The number of ether oxygens (including phenoxy) is 1. The first-order chi connectivity index (χ1) is 11.5. The number of hydrogen-bond donors (Lipinski definition) is 1. The molecule has 0 unspecified atom stereocenters. The van der Waals surface area contributed by atoms with E-state index in [9.17, 15) is 4.79 Å². The van der Waals surface area contributed by atoms with Crippen molar-refractivity contribution in [2.75, 3.05) is 19.9 Å². The standard InChI is InChI=1S/C18H23N3O2S/c1-11-8-16(23-3)12(2)7-13(11)9-21-6-5-15-14(10-21)17(22)20-18(19-15)24-4/h7-8H,5-6,9-10H2,1-4H3,(H,19,20,22). The predicted octanol–water partition coefficient (Wildman–Crippen LogP) is 2.68. The molecule has 0 bridgehead atoms. The molecule has 0 atom stereocenters. The maximum Gasteiger partial charge on any atom is 0.256 e. The SMILES string of the molecule is COc1cc(C)c(CN2CCc3nc(SC)[nH]c(=O)c3C2)cc1C. The molecule has 2 heterocycles. The summed E-state index contributed by atoms with van der Waals surface area (Å²) in [6.45, 7) is 6.57. The second kappa shape index (κ2) is 6.99. The van der Waals surface area contributed by atoms with Gasteiger partial charge in [0.25, 0.3) is 5.56 Å². The Hall–Kier alpha value is -1.79. The molecule has 0 spiro atoms. The van der Waals surface area contributed by atoms with Crippen molar-refractivity contribution in [3.05, 3.63) is 50.4 Å². The summed E-state index contributed by atoms with van der Waals surface area (Å²) in [5, 5.41) is 0.703. The van der Waals surface area contributed by atoms with Crippen LogP contribution in [0.15, 0.2) is 22.1 Å². The molecule has 2 aromatic rings. The van der Waals surface area contributed by atoms with Crippen LogP contribution in [0.2, 0.25) is 0 Å². The van der Waals surface area contributed by atoms with Crippen molar-refractivity contribution < 1.29 is 4.74 Å². The number of rotatable bonds is 4. The van der Waals surface area contributed by atoms with Gasteiger partial charge in [0.15, 0.2) is 5.16 Å². The summed E-state index contributed by atoms with van der Waals surface area (Å²) in [7, 11) is 1.70. The Morgan fingerprint density at radius 2 is 2.12 bits per heavy atom. The zero-order valence-corrected chi connectivity index (χ0v) is 15.4. The summed E-state index contributed by atoms with van der Waals surface area (Å²) >= 11 is 1.47. The van der Waals surface area contributed by atoms with Gasteiger partial charge in [0.05, 0.1) is 18.4 Å². The Labute approximate surface area is 146 Å². The maximum absolute atomic E-state index is 12.3. The van der Waals surface area contributed by atoms with Crippen LogP contribution in [-0.4, -0.2) is 34.8 Å². The van der Waals surface area contributed by atoms with Crippen LogP contribution in [-0.2, 0) is 19.5 Å². The molecule has 0 saturated carbocycles. The summed E-state index contributed by atoms with van der Waals surface area (Å²) in [5.74, 6) is 0.922. The Morgan fingerprint density at radius 1 is 1.33 bits per heavy atom. The summed E-state index contributed by atoms with van der Waals surface area (Å²) < 4.78 is 5.39. The van der Waals surface area contributed by atoms with Gasteiger partial charge in [-0.1, -0.05) is 17.8 Å². The summed E-state index contributed by atoms with van der Waals surface area (Å²) in [6.07, 6.45) is 2.75. The Bertz CT molecular complexity index is 817. The fourth-order valence-corrected chi connectivity index (χ4v) is 3.57. The number of aryl methyl sites for hydroxylation is 2. The third-order valence-electron chi connectivity index (χ3n) is 4.57. The monoisotopic (exact) mass is 345 g/mol. The lowest BCUT2D eigenvalue weighted by Gasteiger charge is -2.28. The van der Waals surface area contributed by atoms with Gasteiger partial charge in [-0.05, 0) is 42.9 Å². The first-order valence-electron chi connectivity index (χ1n) is 8.04. The predicted molar refractivity (Wildman–Crippen MR) is 96.9 cm³/mol. The number of H-pyrrole nitrogens is 1. The van der Waals surface area contributed by atoms with E-state index in [1.165, 1.54) is 22.9 Å². The van der Waals surface area contributed by atoms with E-state index < -0.39 is 0 Å². The van der Waals surface area contributed by atoms with E-state index in [1.807, 2.05) is 6.26 Å². The minimum Gasteiger partial charge on any atom is -0.496 e. The van der Waals surface area contributed by atoms with Crippen molar-refractivity contribution in [2.45, 2.75) is 38.5 Å². The molecular formula is C18H23N3O2S. The van der Waals surface area contributed by atoms with Gasteiger partial charge >= 0.3 is 0 Å². The van der Waals surface area contributed by atoms with Gasteiger partial charge in [0.2, 0.25) is 0 Å². The number of benzene rings is 1. The van der Waals surface area contributed by atoms with E-state index in [-0.39, 0.29) is 5.56 Å². The number of aromatic nitrogens is 2. The molecule has 3 rings (SSSR count). The third kappa shape index (κ3) is 3.35. The number of methoxy groups -OCH3 is 1. The molecule has 1 aliphatic rings. The molecule has 1 aliphatic heterocycles. The highest BCUT2D eigenvalue weighted by molar-refractivity contribution is 7.98. The molecule has 0 saturated heterocycles. The molecular weight excluding hydrogens is 322 g/mol. The van der Waals surface area contributed by atoms with E-state index in [1.54, 1.807) is 7.11 Å². The molecule has 1 aromatic carbocycles. The van der Waals surface area contributed by atoms with Crippen LogP contribution in [0.4, 0.5) is 0 Å². The fourth-order valence-electron chi connectivity index (χ4n) is 3.17. The topological polar surface area (TPSA) is 58.2 Å². The molecule has 128 valence electrons. The van der Waals surface area contributed by atoms with Crippen LogP contribution < -0.4 is 10.3 Å². The lowest BCUT2D eigenvalue weighted by Crippen LogP contribution is -2.35. The molecule has 0 radical (unpaired) electrons. The normalized spacial score (nSPS) is 14.5. The number of fused-ring (bicyclic) bond motifs is 1. The Balaban J connectivity index is 1.82. The summed E-state index contributed by atoms with van der Waals surface area (Å²) in [5.41, 5.74) is 5.38. The average Bonchev–Trinajstić information content (AvgIpc) is 2.58. The first-order valence-corrected chi connectivity index (χ1v) is 9.26. The molecule has 0 aliphatic carbocycles. The first kappa shape index (κ1) is 17.0. The van der Waals surface area contributed by atoms with E-state index in [2.05, 4.69) is 40.8 Å². The van der Waals surface area contributed by atoms with Crippen LogP contribution in [0.1, 0.15) is 27.9 Å². The minimum atomic E-state index is -0.00307. The molecule has 1 N–H and O–H groups in total. The molecule has 0 fully saturated rings. The van der Waals surface area contributed by atoms with Gasteiger partial charge in [-0.25, -0.2) is 4.98 Å². The van der Waals surface area contributed by atoms with Gasteiger partial charge in [-0.15, -0.1) is 0 Å². The van der Waals surface area contributed by atoms with Gasteiger partial charge in [-0.3, -0.25) is 9.69 Å². The minimum absolute atomic E-state index is 0.00307. The lowest BCUT2D eigenvalue weighted by atomic mass is 10.0. The van der Waals surface area contributed by atoms with Gasteiger partial charge in [-0.2, -0.15) is 0 Å². The third-order valence-corrected chi connectivity index (χ3v) is 5.15. The highest BCUT2D eigenvalue weighted by atomic mass is 32.2. The van der Waals surface area contributed by atoms with Crippen LogP contribution in [0, 0.1) is 13.8 Å². The quantitative estimate of drug-likeness (QED) is 0.682. The summed E-state index contributed by atoms with van der Waals surface area (Å²) in [4.78, 5) is 22.0. The highest BCUT2D eigenvalue weighted by Gasteiger charge is 2.21. The largest absolute Gasteiger partial charge is 0.496 e. The average molecular weight is 345 g/mol. The second-order valence-electron chi connectivity index (χ2n) is 6.21. The number of hydrogen-bond acceptors (Lipinski definition) is 5. The van der Waals surface area contributed by atoms with Crippen molar-refractivity contribution in [1.82, 2.24) is 14.9 Å². The summed E-state index contributed by atoms with van der Waals surface area (Å²) in [6, 6.07) is 4.27. The zero-order valence-electron chi connectivity index (χ0n) is 14.6. The van der Waals surface area contributed by atoms with Gasteiger partial charge in [0.1, 0.15) is 5.75 Å². The van der Waals surface area contributed by atoms with Crippen LogP contribution in [0.25, 0.3) is 0 Å². The number of nitrogens with one attached hydrogen (secondary N) is 1. The molecule has 0 amide bonds. The van der Waals surface area contributed by atoms with E-state index >= 15 is 0 Å². The number of thioether (sulfide) groups is 1. The van der Waals surface area contributed by atoms with Gasteiger partial charge < -0.3 is 9.72 Å². The van der Waals surface area contributed by atoms with Gasteiger partial charge in [0, 0.05) is 26.1 Å². The van der Waals surface area contributed by atoms with Crippen molar-refractivity contribution in [3.8, 4) is 5.75 Å². The zero-order chi connectivity index (χ0) is 17.3. The molecule has 24 heavy (non-hydrogen) atoms. The van der Waals surface area contributed by atoms with E-state index in [0.717, 1.165) is 42.1 Å². The van der Waals surface area contributed by atoms with Crippen molar-refractivity contribution in [1.29, 1.82) is 0 Å². The van der Waals surface area contributed by atoms with E-state index in [4.69, 9.17) is 4.74 Å². The Kier molecular flexibility index (Phi) is 4.96. The molecule has 6 heteroatoms. The number of aromatic amines is 1. The number of nitrogens with zero attached hydrogens (tertiary/aromatic N) is 2. The maximum atomic E-state index is 12.3. The second-order valence-corrected chi connectivity index (χ2v) is 7.00. The van der Waals surface area contributed by atoms with Crippen LogP contribution >= 0.6 is 11.8 Å². The van der Waals surface area contributed by atoms with E-state index in [0.29, 0.717) is 11.7 Å². The van der Waals surface area contributed by atoms with Crippen LogP contribution in [0.3, 0.4) is 0 Å². The highest BCUT2D eigenvalue weighted by Crippen LogP contribution is 2.25. The lowest BCUT2D eigenvalue weighted by molar-refractivity contribution is 0.240. The smallest absolute Gasteiger partial charge is 0.256 e. The fraction of sp³-hybridized carbons (Fsp3) is 0.444.